The molecule has 0 aliphatic rings. The van der Waals surface area contributed by atoms with Crippen LogP contribution in [0.2, 0.25) is 0 Å². The van der Waals surface area contributed by atoms with Gasteiger partial charge in [0.05, 0.1) is 12.1 Å². The van der Waals surface area contributed by atoms with Crippen molar-refractivity contribution in [3.63, 3.8) is 0 Å². The third-order valence-electron chi connectivity index (χ3n) is 1.12. The Kier molecular flexibility index (Phi) is 2.65. The zero-order chi connectivity index (χ0) is 7.40. The number of anilines is 1. The van der Waals surface area contributed by atoms with Crippen LogP contribution in [0.1, 0.15) is 12.6 Å². The zero-order valence-electron chi connectivity index (χ0n) is 5.83. The third kappa shape index (κ3) is 1.68. The Morgan fingerprint density at radius 1 is 1.80 bits per heavy atom. The number of nitrogens with two attached hydrogens (primary N) is 1. The van der Waals surface area contributed by atoms with Crippen LogP contribution in [0.15, 0.2) is 5.51 Å². The number of hydrogen-bond acceptors (Lipinski definition) is 4. The lowest BCUT2D eigenvalue weighted by Crippen LogP contribution is -1.95. The van der Waals surface area contributed by atoms with Gasteiger partial charge in [-0.2, -0.15) is 0 Å². The summed E-state index contributed by atoms with van der Waals surface area (Å²) in [7, 11) is 0. The largest absolute Gasteiger partial charge is 0.389 e. The summed E-state index contributed by atoms with van der Waals surface area (Å²) in [5.74, 6) is 0. The highest BCUT2D eigenvalue weighted by Crippen LogP contribution is 2.15. The van der Waals surface area contributed by atoms with E-state index >= 15 is 0 Å². The molecule has 0 aliphatic carbocycles. The molecular weight excluding hydrogens is 148 g/mol. The second kappa shape index (κ2) is 3.53. The predicted molar refractivity (Wildman–Crippen MR) is 41.9 cm³/mol. The van der Waals surface area contributed by atoms with Crippen LogP contribution in [-0.4, -0.2) is 11.6 Å². The summed E-state index contributed by atoms with van der Waals surface area (Å²) in [6.07, 6.45) is 0. The molecular formula is C6H10N2OS. The van der Waals surface area contributed by atoms with E-state index in [0.29, 0.717) is 13.2 Å². The molecule has 0 unspecified atom stereocenters. The van der Waals surface area contributed by atoms with E-state index < -0.39 is 0 Å². The first-order valence-corrected chi connectivity index (χ1v) is 3.98. The molecule has 0 amide bonds. The molecule has 0 aliphatic heterocycles. The molecule has 0 aromatic carbocycles. The third-order valence-corrected chi connectivity index (χ3v) is 1.82. The molecule has 1 rings (SSSR count). The Morgan fingerprint density at radius 3 is 3.10 bits per heavy atom. The molecule has 0 spiro atoms. The van der Waals surface area contributed by atoms with Gasteiger partial charge >= 0.3 is 0 Å². The Morgan fingerprint density at radius 2 is 2.60 bits per heavy atom. The van der Waals surface area contributed by atoms with E-state index in [1.807, 2.05) is 6.92 Å². The average Bonchev–Trinajstić information content (AvgIpc) is 2.31. The van der Waals surface area contributed by atoms with Gasteiger partial charge in [0.1, 0.15) is 10.7 Å². The van der Waals surface area contributed by atoms with Crippen molar-refractivity contribution in [1.29, 1.82) is 0 Å². The summed E-state index contributed by atoms with van der Waals surface area (Å²) >= 11 is 1.44. The monoisotopic (exact) mass is 158 g/mol. The van der Waals surface area contributed by atoms with Gasteiger partial charge in [-0.25, -0.2) is 4.98 Å². The minimum Gasteiger partial charge on any atom is -0.389 e. The van der Waals surface area contributed by atoms with Crippen molar-refractivity contribution in [3.05, 3.63) is 11.2 Å². The van der Waals surface area contributed by atoms with E-state index in [-0.39, 0.29) is 0 Å². The molecule has 1 heterocycles. The quantitative estimate of drug-likeness (QED) is 0.720. The summed E-state index contributed by atoms with van der Waals surface area (Å²) in [6, 6.07) is 0. The van der Waals surface area contributed by atoms with Gasteiger partial charge in [-0.15, -0.1) is 11.3 Å². The lowest BCUT2D eigenvalue weighted by Gasteiger charge is -1.96. The van der Waals surface area contributed by atoms with E-state index in [1.54, 1.807) is 5.51 Å². The van der Waals surface area contributed by atoms with Crippen LogP contribution in [0.4, 0.5) is 5.00 Å². The van der Waals surface area contributed by atoms with Gasteiger partial charge in [0.15, 0.2) is 0 Å². The minimum absolute atomic E-state index is 0.534. The first-order valence-electron chi connectivity index (χ1n) is 3.10. The van der Waals surface area contributed by atoms with Crippen molar-refractivity contribution in [1.82, 2.24) is 4.98 Å². The fourth-order valence-electron chi connectivity index (χ4n) is 0.586. The first kappa shape index (κ1) is 7.50. The summed E-state index contributed by atoms with van der Waals surface area (Å²) in [4.78, 5) is 4.02. The second-order valence-corrected chi connectivity index (χ2v) is 2.69. The zero-order valence-corrected chi connectivity index (χ0v) is 6.65. The Bertz CT molecular complexity index is 199. The minimum atomic E-state index is 0.534. The molecule has 3 nitrogen and oxygen atoms in total. The molecule has 0 bridgehead atoms. The molecule has 10 heavy (non-hydrogen) atoms. The fraction of sp³-hybridized carbons (Fsp3) is 0.500. The Balaban J connectivity index is 2.49. The number of nitrogen functional groups attached to an aromatic ring is 1. The highest BCUT2D eigenvalue weighted by molar-refractivity contribution is 7.13. The number of ether oxygens (including phenoxy) is 1. The van der Waals surface area contributed by atoms with Gasteiger partial charge in [0, 0.05) is 6.61 Å². The first-order chi connectivity index (χ1) is 4.84. The molecule has 0 saturated carbocycles. The van der Waals surface area contributed by atoms with Crippen molar-refractivity contribution in [3.8, 4) is 0 Å². The molecule has 0 saturated heterocycles. The van der Waals surface area contributed by atoms with Crippen molar-refractivity contribution in [2.75, 3.05) is 12.3 Å². The van der Waals surface area contributed by atoms with E-state index in [4.69, 9.17) is 10.5 Å². The summed E-state index contributed by atoms with van der Waals surface area (Å²) in [6.45, 7) is 3.19. The van der Waals surface area contributed by atoms with Gasteiger partial charge in [0.25, 0.3) is 0 Å². The van der Waals surface area contributed by atoms with Crippen molar-refractivity contribution in [2.45, 2.75) is 13.5 Å². The maximum Gasteiger partial charge on any atom is 0.111 e. The van der Waals surface area contributed by atoms with Crippen LogP contribution < -0.4 is 5.73 Å². The SMILES string of the molecule is CCOCc1ncsc1N. The van der Waals surface area contributed by atoms with Crippen LogP contribution in [0, 0.1) is 0 Å². The summed E-state index contributed by atoms with van der Waals surface area (Å²) < 4.78 is 5.12. The molecule has 1 aromatic rings. The van der Waals surface area contributed by atoms with Crippen LogP contribution >= 0.6 is 11.3 Å². The molecule has 0 fully saturated rings. The average molecular weight is 158 g/mol. The number of nitrogens with zero attached hydrogens (tertiary/aromatic N) is 1. The molecule has 2 N–H and O–H groups in total. The lowest BCUT2D eigenvalue weighted by atomic mass is 10.5. The van der Waals surface area contributed by atoms with Crippen LogP contribution in [-0.2, 0) is 11.3 Å². The van der Waals surface area contributed by atoms with Gasteiger partial charge in [-0.1, -0.05) is 0 Å². The van der Waals surface area contributed by atoms with E-state index in [0.717, 1.165) is 10.7 Å². The van der Waals surface area contributed by atoms with E-state index in [1.165, 1.54) is 11.3 Å². The van der Waals surface area contributed by atoms with E-state index in [9.17, 15) is 0 Å². The number of rotatable bonds is 3. The summed E-state index contributed by atoms with van der Waals surface area (Å²) in [5, 5.41) is 0.758. The van der Waals surface area contributed by atoms with Crippen LogP contribution in [0.3, 0.4) is 0 Å². The second-order valence-electron chi connectivity index (χ2n) is 1.80. The Hall–Kier alpha value is -0.610. The standard InChI is InChI=1S/C6H10N2OS/c1-2-9-3-5-6(7)10-4-8-5/h4H,2-3,7H2,1H3. The molecule has 4 heteroatoms. The molecule has 0 atom stereocenters. The molecule has 0 radical (unpaired) electrons. The van der Waals surface area contributed by atoms with Gasteiger partial charge < -0.3 is 10.5 Å². The maximum absolute atomic E-state index is 5.56. The maximum atomic E-state index is 5.56. The van der Waals surface area contributed by atoms with Crippen molar-refractivity contribution in [2.24, 2.45) is 0 Å². The smallest absolute Gasteiger partial charge is 0.111 e. The number of aromatic nitrogens is 1. The topological polar surface area (TPSA) is 48.1 Å². The highest BCUT2D eigenvalue weighted by atomic mass is 32.1. The van der Waals surface area contributed by atoms with Crippen LogP contribution in [0.5, 0.6) is 0 Å². The normalized spacial score (nSPS) is 10.1. The molecule has 56 valence electrons. The van der Waals surface area contributed by atoms with Gasteiger partial charge in [0.2, 0.25) is 0 Å². The lowest BCUT2D eigenvalue weighted by molar-refractivity contribution is 0.132. The van der Waals surface area contributed by atoms with Crippen LogP contribution in [0.25, 0.3) is 0 Å². The number of hydrogen-bond donors (Lipinski definition) is 1. The highest BCUT2D eigenvalue weighted by Gasteiger charge is 1.99. The molecule has 1 aromatic heterocycles. The fourth-order valence-corrected chi connectivity index (χ4v) is 1.13. The van der Waals surface area contributed by atoms with Crippen molar-refractivity contribution < 1.29 is 4.74 Å². The summed E-state index contributed by atoms with van der Waals surface area (Å²) in [5.41, 5.74) is 8.14. The van der Waals surface area contributed by atoms with Crippen molar-refractivity contribution >= 4 is 16.3 Å². The number of thiazole rings is 1. The predicted octanol–water partition coefficient (Wildman–Crippen LogP) is 1.26. The van der Waals surface area contributed by atoms with E-state index in [2.05, 4.69) is 4.98 Å². The Labute approximate surface area is 63.8 Å². The van der Waals surface area contributed by atoms with Gasteiger partial charge in [-0.3, -0.25) is 0 Å². The van der Waals surface area contributed by atoms with Gasteiger partial charge in [-0.05, 0) is 6.92 Å².